The molecular formula is C48H30N4. The van der Waals surface area contributed by atoms with Crippen molar-refractivity contribution < 1.29 is 0 Å². The molecule has 242 valence electrons. The van der Waals surface area contributed by atoms with Gasteiger partial charge in [0.2, 0.25) is 0 Å². The number of aromatic nitrogens is 4. The molecule has 0 aliphatic heterocycles. The van der Waals surface area contributed by atoms with Crippen LogP contribution >= 0.6 is 0 Å². The number of hydrogen-bond donors (Lipinski definition) is 0. The van der Waals surface area contributed by atoms with Crippen molar-refractivity contribution in [2.45, 2.75) is 0 Å². The molecule has 4 heteroatoms. The minimum atomic E-state index is 0.814. The summed E-state index contributed by atoms with van der Waals surface area (Å²) in [6, 6.07) is 64.8. The summed E-state index contributed by atoms with van der Waals surface area (Å²) in [5.41, 5.74) is 11.7. The molecular weight excluding hydrogens is 633 g/mol. The molecule has 0 spiro atoms. The standard InChI is InChI=1S/C48H30N4/c1-4-14-31(15-5-1)34-25-27-43-38(28-34)40-29-39-37-26-24-32-16-10-11-21-36(32)47(37)52(45(39)30-44(40)51(43)35-19-8-3-9-20-35)48-46(33-17-6-2-7-18-33)49-41-22-12-13-23-42(41)50-48/h1-30H. The molecule has 52 heavy (non-hydrogen) atoms. The third-order valence-electron chi connectivity index (χ3n) is 10.5. The molecule has 0 atom stereocenters. The maximum Gasteiger partial charge on any atom is 0.165 e. The van der Waals surface area contributed by atoms with Crippen LogP contribution in [-0.2, 0) is 0 Å². The molecule has 4 nitrogen and oxygen atoms in total. The molecule has 0 amide bonds. The maximum atomic E-state index is 5.44. The maximum absolute atomic E-state index is 5.44. The van der Waals surface area contributed by atoms with E-state index in [0.29, 0.717) is 0 Å². The SMILES string of the molecule is c1ccc(-c2ccc3c(c2)c2cc4c5ccc6ccccc6c5n(-c5nc6ccccc6nc5-c5ccccc5)c4cc2n3-c2ccccc2)cc1. The Labute approximate surface area is 299 Å². The number of para-hydroxylation sites is 3. The van der Waals surface area contributed by atoms with Crippen LogP contribution in [0.5, 0.6) is 0 Å². The van der Waals surface area contributed by atoms with Gasteiger partial charge in [0.25, 0.3) is 0 Å². The van der Waals surface area contributed by atoms with Crippen molar-refractivity contribution in [2.24, 2.45) is 0 Å². The highest BCUT2D eigenvalue weighted by molar-refractivity contribution is 6.23. The molecule has 0 fully saturated rings. The minimum Gasteiger partial charge on any atom is -0.309 e. The van der Waals surface area contributed by atoms with E-state index in [0.717, 1.165) is 50.3 Å². The van der Waals surface area contributed by atoms with E-state index in [1.165, 1.54) is 49.0 Å². The van der Waals surface area contributed by atoms with Crippen molar-refractivity contribution in [3.05, 3.63) is 182 Å². The molecule has 0 N–H and O–H groups in total. The fourth-order valence-corrected chi connectivity index (χ4v) is 8.11. The minimum absolute atomic E-state index is 0.814. The second-order valence-corrected chi connectivity index (χ2v) is 13.4. The van der Waals surface area contributed by atoms with E-state index in [9.17, 15) is 0 Å². The average Bonchev–Trinajstić information content (AvgIpc) is 3.72. The second-order valence-electron chi connectivity index (χ2n) is 13.4. The Balaban J connectivity index is 1.34. The van der Waals surface area contributed by atoms with Crippen molar-refractivity contribution in [1.29, 1.82) is 0 Å². The molecule has 11 rings (SSSR count). The zero-order valence-electron chi connectivity index (χ0n) is 28.1. The van der Waals surface area contributed by atoms with Crippen molar-refractivity contribution in [3.63, 3.8) is 0 Å². The van der Waals surface area contributed by atoms with Crippen LogP contribution in [0.1, 0.15) is 0 Å². The summed E-state index contributed by atoms with van der Waals surface area (Å²) in [5.74, 6) is 0.814. The lowest BCUT2D eigenvalue weighted by molar-refractivity contribution is 1.08. The van der Waals surface area contributed by atoms with Crippen molar-refractivity contribution >= 4 is 65.4 Å². The van der Waals surface area contributed by atoms with Crippen LogP contribution in [0.25, 0.3) is 99.3 Å². The number of fused-ring (bicyclic) bond motifs is 9. The molecule has 0 bridgehead atoms. The van der Waals surface area contributed by atoms with Gasteiger partial charge in [-0.05, 0) is 65.0 Å². The van der Waals surface area contributed by atoms with Gasteiger partial charge in [0.15, 0.2) is 5.82 Å². The van der Waals surface area contributed by atoms with E-state index >= 15 is 0 Å². The van der Waals surface area contributed by atoms with Gasteiger partial charge < -0.3 is 4.57 Å². The van der Waals surface area contributed by atoms with Crippen LogP contribution in [0.2, 0.25) is 0 Å². The summed E-state index contributed by atoms with van der Waals surface area (Å²) in [6.45, 7) is 0. The summed E-state index contributed by atoms with van der Waals surface area (Å²) < 4.78 is 4.78. The van der Waals surface area contributed by atoms with Gasteiger partial charge in [0, 0.05) is 38.2 Å². The van der Waals surface area contributed by atoms with E-state index in [2.05, 4.69) is 167 Å². The smallest absolute Gasteiger partial charge is 0.165 e. The van der Waals surface area contributed by atoms with Crippen LogP contribution in [0.3, 0.4) is 0 Å². The van der Waals surface area contributed by atoms with Crippen molar-refractivity contribution in [2.75, 3.05) is 0 Å². The monoisotopic (exact) mass is 662 g/mol. The van der Waals surface area contributed by atoms with E-state index < -0.39 is 0 Å². The highest BCUT2D eigenvalue weighted by atomic mass is 15.1. The lowest BCUT2D eigenvalue weighted by atomic mass is 10.0. The molecule has 0 aliphatic rings. The Bertz CT molecular complexity index is 3160. The molecule has 0 saturated heterocycles. The van der Waals surface area contributed by atoms with E-state index in [1.54, 1.807) is 0 Å². The van der Waals surface area contributed by atoms with Crippen LogP contribution in [0.4, 0.5) is 0 Å². The van der Waals surface area contributed by atoms with Gasteiger partial charge in [-0.1, -0.05) is 133 Å². The van der Waals surface area contributed by atoms with Crippen LogP contribution in [0, 0.1) is 0 Å². The van der Waals surface area contributed by atoms with Crippen LogP contribution < -0.4 is 0 Å². The molecule has 0 radical (unpaired) electrons. The second kappa shape index (κ2) is 11.2. The third kappa shape index (κ3) is 4.28. The number of nitrogens with zero attached hydrogens (tertiary/aromatic N) is 4. The number of benzene rings is 8. The molecule has 0 unspecified atom stereocenters. The third-order valence-corrected chi connectivity index (χ3v) is 10.5. The van der Waals surface area contributed by atoms with Gasteiger partial charge in [-0.2, -0.15) is 0 Å². The van der Waals surface area contributed by atoms with Crippen molar-refractivity contribution in [3.8, 4) is 33.9 Å². The Morgan fingerprint density at radius 3 is 1.75 bits per heavy atom. The van der Waals surface area contributed by atoms with Gasteiger partial charge in [-0.25, -0.2) is 9.97 Å². The Kier molecular flexibility index (Phi) is 6.22. The predicted octanol–water partition coefficient (Wildman–Crippen LogP) is 12.3. The highest BCUT2D eigenvalue weighted by Gasteiger charge is 2.23. The summed E-state index contributed by atoms with van der Waals surface area (Å²) in [6.07, 6.45) is 0. The van der Waals surface area contributed by atoms with E-state index in [1.807, 2.05) is 24.3 Å². The first kappa shape index (κ1) is 28.8. The summed E-state index contributed by atoms with van der Waals surface area (Å²) in [7, 11) is 0. The molecule has 3 heterocycles. The first-order valence-electron chi connectivity index (χ1n) is 17.7. The van der Waals surface area contributed by atoms with Crippen LogP contribution in [0.15, 0.2) is 182 Å². The lowest BCUT2D eigenvalue weighted by Gasteiger charge is -2.15. The first-order valence-corrected chi connectivity index (χ1v) is 17.7. The van der Waals surface area contributed by atoms with E-state index in [-0.39, 0.29) is 0 Å². The highest BCUT2D eigenvalue weighted by Crippen LogP contribution is 2.43. The fraction of sp³-hybridized carbons (Fsp3) is 0. The van der Waals surface area contributed by atoms with Gasteiger partial charge in [0.05, 0.1) is 33.1 Å². The zero-order valence-corrected chi connectivity index (χ0v) is 28.1. The molecule has 8 aromatic carbocycles. The zero-order chi connectivity index (χ0) is 34.2. The predicted molar refractivity (Wildman–Crippen MR) is 217 cm³/mol. The Morgan fingerprint density at radius 1 is 0.346 bits per heavy atom. The van der Waals surface area contributed by atoms with Crippen LogP contribution in [-0.4, -0.2) is 19.1 Å². The van der Waals surface area contributed by atoms with E-state index in [4.69, 9.17) is 9.97 Å². The lowest BCUT2D eigenvalue weighted by Crippen LogP contribution is -2.04. The fourth-order valence-electron chi connectivity index (χ4n) is 8.11. The van der Waals surface area contributed by atoms with Crippen molar-refractivity contribution in [1.82, 2.24) is 19.1 Å². The molecule has 11 aromatic rings. The number of rotatable bonds is 4. The molecule has 3 aromatic heterocycles. The molecule has 0 aliphatic carbocycles. The normalized spacial score (nSPS) is 11.8. The summed E-state index contributed by atoms with van der Waals surface area (Å²) >= 11 is 0. The van der Waals surface area contributed by atoms with Gasteiger partial charge in [0.1, 0.15) is 5.69 Å². The topological polar surface area (TPSA) is 35.6 Å². The Hall–Kier alpha value is -7.04. The quantitative estimate of drug-likeness (QED) is 0.188. The average molecular weight is 663 g/mol. The number of hydrogen-bond acceptors (Lipinski definition) is 2. The summed E-state index contributed by atoms with van der Waals surface area (Å²) in [4.78, 5) is 10.8. The van der Waals surface area contributed by atoms with Gasteiger partial charge in [-0.3, -0.25) is 4.57 Å². The van der Waals surface area contributed by atoms with Gasteiger partial charge in [-0.15, -0.1) is 0 Å². The molecule has 0 saturated carbocycles. The largest absolute Gasteiger partial charge is 0.309 e. The first-order chi connectivity index (χ1) is 25.8. The van der Waals surface area contributed by atoms with Gasteiger partial charge >= 0.3 is 0 Å². The Morgan fingerprint density at radius 2 is 0.962 bits per heavy atom. The summed E-state index contributed by atoms with van der Waals surface area (Å²) in [5, 5.41) is 7.16.